The molecule has 0 aliphatic carbocycles. The summed E-state index contributed by atoms with van der Waals surface area (Å²) in [4.78, 5) is 0. The Morgan fingerprint density at radius 2 is 1.92 bits per heavy atom. The maximum Gasteiger partial charge on any atom is 0.281 e. The molecule has 0 aromatic rings. The van der Waals surface area contributed by atoms with E-state index in [1.165, 1.54) is 4.31 Å². The van der Waals surface area contributed by atoms with Crippen LogP contribution in [0.3, 0.4) is 0 Å². The molecule has 4 nitrogen and oxygen atoms in total. The number of hydrogen-bond donors (Lipinski definition) is 0. The second-order valence-corrected chi connectivity index (χ2v) is 5.84. The quantitative estimate of drug-likeness (QED) is 0.666. The van der Waals surface area contributed by atoms with Crippen LogP contribution in [0.25, 0.3) is 0 Å². The normalized spacial score (nSPS) is 26.6. The highest BCUT2D eigenvalue weighted by Gasteiger charge is 2.30. The molecule has 0 amide bonds. The lowest BCUT2D eigenvalue weighted by Crippen LogP contribution is -2.47. The summed E-state index contributed by atoms with van der Waals surface area (Å²) < 4.78 is 26.4. The van der Waals surface area contributed by atoms with Gasteiger partial charge in [0.1, 0.15) is 0 Å². The maximum atomic E-state index is 11.7. The number of hydrogen-bond acceptors (Lipinski definition) is 2. The summed E-state index contributed by atoms with van der Waals surface area (Å²) in [6, 6.07) is 0.154. The SMILES string of the molecule is C[C@@H]1CCCCN1S(=O)(=O)N(C)C. The van der Waals surface area contributed by atoms with E-state index in [9.17, 15) is 8.42 Å². The Balaban J connectivity index is 2.80. The second kappa shape index (κ2) is 3.94. The Morgan fingerprint density at radius 1 is 1.31 bits per heavy atom. The van der Waals surface area contributed by atoms with Crippen molar-refractivity contribution in [2.45, 2.75) is 32.2 Å². The monoisotopic (exact) mass is 206 g/mol. The van der Waals surface area contributed by atoms with Crippen molar-refractivity contribution in [1.29, 1.82) is 0 Å². The fourth-order valence-electron chi connectivity index (χ4n) is 1.62. The van der Waals surface area contributed by atoms with Gasteiger partial charge in [-0.25, -0.2) is 0 Å². The van der Waals surface area contributed by atoms with Gasteiger partial charge in [0.15, 0.2) is 0 Å². The van der Waals surface area contributed by atoms with Crippen molar-refractivity contribution in [3.05, 3.63) is 0 Å². The van der Waals surface area contributed by atoms with E-state index in [1.807, 2.05) is 6.92 Å². The zero-order valence-electron chi connectivity index (χ0n) is 8.52. The second-order valence-electron chi connectivity index (χ2n) is 3.75. The van der Waals surface area contributed by atoms with Gasteiger partial charge >= 0.3 is 0 Å². The number of rotatable bonds is 2. The Kier molecular flexibility index (Phi) is 3.32. The first-order chi connectivity index (χ1) is 5.96. The Morgan fingerprint density at radius 3 is 2.38 bits per heavy atom. The molecule has 1 rings (SSSR count). The van der Waals surface area contributed by atoms with E-state index in [-0.39, 0.29) is 6.04 Å². The minimum atomic E-state index is -3.18. The molecule has 5 heteroatoms. The van der Waals surface area contributed by atoms with Crippen molar-refractivity contribution >= 4 is 10.2 Å². The third-order valence-electron chi connectivity index (χ3n) is 2.50. The molecule has 0 N–H and O–H groups in total. The predicted octanol–water partition coefficient (Wildman–Crippen LogP) is 0.667. The summed E-state index contributed by atoms with van der Waals surface area (Å²) in [7, 11) is -0.0224. The molecule has 0 saturated carbocycles. The van der Waals surface area contributed by atoms with E-state index < -0.39 is 10.2 Å². The van der Waals surface area contributed by atoms with Crippen LogP contribution in [0.2, 0.25) is 0 Å². The van der Waals surface area contributed by atoms with Gasteiger partial charge in [-0.2, -0.15) is 17.0 Å². The topological polar surface area (TPSA) is 40.6 Å². The molecular weight excluding hydrogens is 188 g/mol. The summed E-state index contributed by atoms with van der Waals surface area (Å²) in [6.07, 6.45) is 3.10. The van der Waals surface area contributed by atoms with Gasteiger partial charge in [-0.15, -0.1) is 0 Å². The van der Waals surface area contributed by atoms with Crippen LogP contribution in [0.4, 0.5) is 0 Å². The summed E-state index contributed by atoms with van der Waals surface area (Å²) in [5.41, 5.74) is 0. The van der Waals surface area contributed by atoms with Crippen LogP contribution in [0.5, 0.6) is 0 Å². The van der Waals surface area contributed by atoms with Crippen molar-refractivity contribution in [2.75, 3.05) is 20.6 Å². The fourth-order valence-corrected chi connectivity index (χ4v) is 2.96. The van der Waals surface area contributed by atoms with Crippen LogP contribution in [0, 0.1) is 0 Å². The van der Waals surface area contributed by atoms with Crippen LogP contribution < -0.4 is 0 Å². The van der Waals surface area contributed by atoms with Crippen LogP contribution in [-0.2, 0) is 10.2 Å². The van der Waals surface area contributed by atoms with Gasteiger partial charge in [0.05, 0.1) is 0 Å². The van der Waals surface area contributed by atoms with Gasteiger partial charge < -0.3 is 0 Å². The van der Waals surface area contributed by atoms with Gasteiger partial charge in [0.2, 0.25) is 0 Å². The lowest BCUT2D eigenvalue weighted by molar-refractivity contribution is 0.255. The van der Waals surface area contributed by atoms with E-state index in [4.69, 9.17) is 0 Å². The molecule has 0 radical (unpaired) electrons. The summed E-state index contributed by atoms with van der Waals surface area (Å²) in [5, 5.41) is 0. The molecule has 0 aromatic heterocycles. The highest BCUT2D eigenvalue weighted by molar-refractivity contribution is 7.86. The minimum absolute atomic E-state index is 0.154. The van der Waals surface area contributed by atoms with Crippen molar-refractivity contribution in [2.24, 2.45) is 0 Å². The van der Waals surface area contributed by atoms with Crippen LogP contribution in [-0.4, -0.2) is 43.7 Å². The number of piperidine rings is 1. The molecular formula is C8H18N2O2S. The van der Waals surface area contributed by atoms with Crippen LogP contribution in [0.15, 0.2) is 0 Å². The molecule has 1 atom stereocenters. The Labute approximate surface area is 80.7 Å². The first-order valence-corrected chi connectivity index (χ1v) is 6.05. The Bertz CT molecular complexity index is 261. The molecule has 0 bridgehead atoms. The zero-order chi connectivity index (χ0) is 10.1. The summed E-state index contributed by atoms with van der Waals surface area (Å²) in [5.74, 6) is 0. The van der Waals surface area contributed by atoms with E-state index in [0.29, 0.717) is 6.54 Å². The molecule has 1 saturated heterocycles. The van der Waals surface area contributed by atoms with Crippen molar-refractivity contribution < 1.29 is 8.42 Å². The maximum absolute atomic E-state index is 11.7. The average Bonchev–Trinajstić information content (AvgIpc) is 2.04. The average molecular weight is 206 g/mol. The zero-order valence-corrected chi connectivity index (χ0v) is 9.34. The van der Waals surface area contributed by atoms with Crippen molar-refractivity contribution in [3.8, 4) is 0 Å². The molecule has 0 spiro atoms. The van der Waals surface area contributed by atoms with Gasteiger partial charge in [-0.3, -0.25) is 0 Å². The smallest absolute Gasteiger partial charge is 0.195 e. The summed E-state index contributed by atoms with van der Waals surface area (Å²) >= 11 is 0. The molecule has 0 unspecified atom stereocenters. The molecule has 78 valence electrons. The molecule has 1 heterocycles. The van der Waals surface area contributed by atoms with Gasteiger partial charge in [-0.05, 0) is 19.8 Å². The first-order valence-electron chi connectivity index (χ1n) is 4.65. The fraction of sp³-hybridized carbons (Fsp3) is 1.00. The predicted molar refractivity (Wildman–Crippen MR) is 52.6 cm³/mol. The third-order valence-corrected chi connectivity index (χ3v) is 4.56. The van der Waals surface area contributed by atoms with E-state index >= 15 is 0 Å². The van der Waals surface area contributed by atoms with Crippen molar-refractivity contribution in [1.82, 2.24) is 8.61 Å². The third kappa shape index (κ3) is 2.21. The highest BCUT2D eigenvalue weighted by Crippen LogP contribution is 2.20. The lowest BCUT2D eigenvalue weighted by Gasteiger charge is -2.33. The minimum Gasteiger partial charge on any atom is -0.195 e. The first kappa shape index (κ1) is 10.9. The van der Waals surface area contributed by atoms with Gasteiger partial charge in [-0.1, -0.05) is 6.42 Å². The standard InChI is InChI=1S/C8H18N2O2S/c1-8-6-4-5-7-10(8)13(11,12)9(2)3/h8H,4-7H2,1-3H3/t8-/m1/s1. The van der Waals surface area contributed by atoms with Gasteiger partial charge in [0.25, 0.3) is 10.2 Å². The Hall–Kier alpha value is -0.130. The number of nitrogens with zero attached hydrogens (tertiary/aromatic N) is 2. The van der Waals surface area contributed by atoms with Crippen LogP contribution >= 0.6 is 0 Å². The lowest BCUT2D eigenvalue weighted by atomic mass is 10.1. The molecule has 0 aromatic carbocycles. The molecule has 13 heavy (non-hydrogen) atoms. The molecule has 1 aliphatic rings. The van der Waals surface area contributed by atoms with Gasteiger partial charge in [0, 0.05) is 26.7 Å². The van der Waals surface area contributed by atoms with Crippen LogP contribution in [0.1, 0.15) is 26.2 Å². The molecule has 1 fully saturated rings. The summed E-state index contributed by atoms with van der Waals surface area (Å²) in [6.45, 7) is 2.64. The molecule has 1 aliphatic heterocycles. The highest BCUT2D eigenvalue weighted by atomic mass is 32.2. The van der Waals surface area contributed by atoms with Crippen molar-refractivity contribution in [3.63, 3.8) is 0 Å². The largest absolute Gasteiger partial charge is 0.281 e. The van der Waals surface area contributed by atoms with E-state index in [1.54, 1.807) is 18.4 Å². The van der Waals surface area contributed by atoms with E-state index in [0.717, 1.165) is 19.3 Å². The van der Waals surface area contributed by atoms with E-state index in [2.05, 4.69) is 0 Å².